The Labute approximate surface area is 273 Å². The van der Waals surface area contributed by atoms with E-state index in [1.807, 2.05) is 30.3 Å². The zero-order valence-corrected chi connectivity index (χ0v) is 25.6. The molecule has 9 rings (SSSR count). The number of hydrogen-bond donors (Lipinski definition) is 0. The fourth-order valence-electron chi connectivity index (χ4n) is 7.06. The van der Waals surface area contributed by atoms with Crippen molar-refractivity contribution >= 4 is 60.2 Å². The van der Waals surface area contributed by atoms with E-state index in [1.54, 1.807) is 0 Å². The first-order chi connectivity index (χ1) is 23.2. The number of anilines is 3. The Hall–Kier alpha value is -6.43. The molecule has 0 atom stereocenters. The summed E-state index contributed by atoms with van der Waals surface area (Å²) in [5.41, 5.74) is 8.71. The molecule has 9 aromatic carbocycles. The SMILES string of the molecule is N#Cc1ccc(N(c2ccccc2)c2ccc3cc(-c4cc5ccc6cc(-c7ccccc7)cc7ccc(c4)c5c67)ccc3c2)cc1. The zero-order chi connectivity index (χ0) is 31.3. The molecular weight excluding hydrogens is 569 g/mol. The summed E-state index contributed by atoms with van der Waals surface area (Å²) in [5.74, 6) is 0. The standard InChI is InChI=1S/C45H28N2/c46-29-30-11-20-42(21-12-30)47(41-9-5-2-6-10-41)43-22-19-32-23-33(13-14-34(32)28-43)40-26-37-17-15-35-24-39(31-7-3-1-4-8-31)25-36-16-18-38(27-40)45(37)44(35)36/h1-28H. The van der Waals surface area contributed by atoms with Crippen LogP contribution < -0.4 is 4.90 Å². The Kier molecular flexibility index (Phi) is 6.23. The van der Waals surface area contributed by atoms with Gasteiger partial charge in [0.05, 0.1) is 11.6 Å². The predicted molar refractivity (Wildman–Crippen MR) is 198 cm³/mol. The van der Waals surface area contributed by atoms with E-state index >= 15 is 0 Å². The number of benzene rings is 9. The van der Waals surface area contributed by atoms with Gasteiger partial charge in [-0.05, 0) is 144 Å². The Balaban J connectivity index is 1.11. The van der Waals surface area contributed by atoms with Crippen LogP contribution in [0.5, 0.6) is 0 Å². The first-order valence-electron chi connectivity index (χ1n) is 15.9. The molecule has 0 radical (unpaired) electrons. The molecule has 0 aliphatic heterocycles. The van der Waals surface area contributed by atoms with Crippen LogP contribution in [0.1, 0.15) is 5.56 Å². The normalized spacial score (nSPS) is 11.4. The summed E-state index contributed by atoms with van der Waals surface area (Å²) in [6.07, 6.45) is 0. The molecule has 0 unspecified atom stereocenters. The fraction of sp³-hybridized carbons (Fsp3) is 0. The molecule has 0 N–H and O–H groups in total. The third-order valence-corrected chi connectivity index (χ3v) is 9.33. The van der Waals surface area contributed by atoms with Crippen molar-refractivity contribution in [2.75, 3.05) is 4.90 Å². The van der Waals surface area contributed by atoms with Gasteiger partial charge in [0.1, 0.15) is 0 Å². The molecule has 0 saturated carbocycles. The summed E-state index contributed by atoms with van der Waals surface area (Å²) in [4.78, 5) is 2.23. The van der Waals surface area contributed by atoms with Crippen molar-refractivity contribution in [2.45, 2.75) is 0 Å². The second-order valence-corrected chi connectivity index (χ2v) is 12.2. The second-order valence-electron chi connectivity index (χ2n) is 12.2. The van der Waals surface area contributed by atoms with Gasteiger partial charge in [-0.3, -0.25) is 0 Å². The molecule has 0 fully saturated rings. The van der Waals surface area contributed by atoms with Crippen LogP contribution in [0, 0.1) is 11.3 Å². The largest absolute Gasteiger partial charge is 0.310 e. The van der Waals surface area contributed by atoms with Crippen molar-refractivity contribution in [3.8, 4) is 28.3 Å². The Bertz CT molecular complexity index is 2550. The van der Waals surface area contributed by atoms with E-state index in [0.29, 0.717) is 5.56 Å². The van der Waals surface area contributed by atoms with Gasteiger partial charge in [-0.25, -0.2) is 0 Å². The van der Waals surface area contributed by atoms with Crippen LogP contribution in [0.25, 0.3) is 65.3 Å². The van der Waals surface area contributed by atoms with Crippen molar-refractivity contribution in [3.63, 3.8) is 0 Å². The Morgan fingerprint density at radius 3 is 1.38 bits per heavy atom. The van der Waals surface area contributed by atoms with Gasteiger partial charge in [0.15, 0.2) is 0 Å². The highest BCUT2D eigenvalue weighted by atomic mass is 15.1. The average Bonchev–Trinajstić information content (AvgIpc) is 3.14. The average molecular weight is 597 g/mol. The lowest BCUT2D eigenvalue weighted by molar-refractivity contribution is 1.29. The van der Waals surface area contributed by atoms with Gasteiger partial charge in [-0.15, -0.1) is 0 Å². The zero-order valence-electron chi connectivity index (χ0n) is 25.6. The van der Waals surface area contributed by atoms with Crippen LogP contribution in [0.15, 0.2) is 170 Å². The van der Waals surface area contributed by atoms with Crippen LogP contribution in [-0.2, 0) is 0 Å². The maximum Gasteiger partial charge on any atom is 0.0991 e. The quantitative estimate of drug-likeness (QED) is 0.185. The van der Waals surface area contributed by atoms with E-state index in [1.165, 1.54) is 65.3 Å². The molecule has 0 spiro atoms. The van der Waals surface area contributed by atoms with Crippen molar-refractivity contribution in [3.05, 3.63) is 175 Å². The summed E-state index contributed by atoms with van der Waals surface area (Å²) in [6.45, 7) is 0. The highest BCUT2D eigenvalue weighted by molar-refractivity contribution is 6.24. The smallest absolute Gasteiger partial charge is 0.0991 e. The van der Waals surface area contributed by atoms with Crippen LogP contribution in [-0.4, -0.2) is 0 Å². The van der Waals surface area contributed by atoms with Gasteiger partial charge in [0, 0.05) is 17.1 Å². The number of para-hydroxylation sites is 1. The molecule has 218 valence electrons. The van der Waals surface area contributed by atoms with E-state index in [0.717, 1.165) is 17.1 Å². The highest BCUT2D eigenvalue weighted by Crippen LogP contribution is 2.41. The molecule has 0 amide bonds. The molecule has 0 aromatic heterocycles. The maximum absolute atomic E-state index is 9.33. The summed E-state index contributed by atoms with van der Waals surface area (Å²) in [7, 11) is 0. The van der Waals surface area contributed by atoms with Gasteiger partial charge >= 0.3 is 0 Å². The molecule has 0 aliphatic rings. The highest BCUT2D eigenvalue weighted by Gasteiger charge is 2.15. The number of nitrogens with zero attached hydrogens (tertiary/aromatic N) is 2. The second kappa shape index (κ2) is 10.9. The predicted octanol–water partition coefficient (Wildman–Crippen LogP) is 12.4. The third kappa shape index (κ3) is 4.65. The third-order valence-electron chi connectivity index (χ3n) is 9.33. The molecule has 0 bridgehead atoms. The first-order valence-corrected chi connectivity index (χ1v) is 15.9. The minimum absolute atomic E-state index is 0.650. The van der Waals surface area contributed by atoms with E-state index < -0.39 is 0 Å². The number of nitriles is 1. The van der Waals surface area contributed by atoms with Crippen LogP contribution in [0.3, 0.4) is 0 Å². The minimum Gasteiger partial charge on any atom is -0.310 e. The van der Waals surface area contributed by atoms with Gasteiger partial charge in [0.2, 0.25) is 0 Å². The Morgan fingerprint density at radius 2 is 0.787 bits per heavy atom. The van der Waals surface area contributed by atoms with E-state index in [2.05, 4.69) is 150 Å². The van der Waals surface area contributed by atoms with E-state index in [9.17, 15) is 5.26 Å². The molecule has 9 aromatic rings. The van der Waals surface area contributed by atoms with Crippen molar-refractivity contribution < 1.29 is 0 Å². The molecule has 47 heavy (non-hydrogen) atoms. The monoisotopic (exact) mass is 596 g/mol. The number of hydrogen-bond acceptors (Lipinski definition) is 2. The number of rotatable bonds is 5. The van der Waals surface area contributed by atoms with Gasteiger partial charge in [-0.1, -0.05) is 91.0 Å². The van der Waals surface area contributed by atoms with Gasteiger partial charge in [0.25, 0.3) is 0 Å². The summed E-state index contributed by atoms with van der Waals surface area (Å²) in [6, 6.07) is 62.8. The topological polar surface area (TPSA) is 27.0 Å². The van der Waals surface area contributed by atoms with E-state index in [4.69, 9.17) is 0 Å². The van der Waals surface area contributed by atoms with Gasteiger partial charge in [-0.2, -0.15) is 5.26 Å². The summed E-state index contributed by atoms with van der Waals surface area (Å²) < 4.78 is 0. The Morgan fingerprint density at radius 1 is 0.340 bits per heavy atom. The molecule has 0 heterocycles. The molecule has 2 heteroatoms. The lowest BCUT2D eigenvalue weighted by atomic mass is 9.89. The van der Waals surface area contributed by atoms with Crippen LogP contribution >= 0.6 is 0 Å². The number of fused-ring (bicyclic) bond motifs is 1. The van der Waals surface area contributed by atoms with Crippen molar-refractivity contribution in [2.24, 2.45) is 0 Å². The summed E-state index contributed by atoms with van der Waals surface area (Å²) >= 11 is 0. The minimum atomic E-state index is 0.650. The molecule has 0 saturated heterocycles. The van der Waals surface area contributed by atoms with Gasteiger partial charge < -0.3 is 4.90 Å². The van der Waals surface area contributed by atoms with Crippen molar-refractivity contribution in [1.29, 1.82) is 5.26 Å². The first kappa shape index (κ1) is 26.9. The van der Waals surface area contributed by atoms with Crippen LogP contribution in [0.2, 0.25) is 0 Å². The lowest BCUT2D eigenvalue weighted by Gasteiger charge is -2.26. The molecule has 2 nitrogen and oxygen atoms in total. The molecular formula is C45H28N2. The maximum atomic E-state index is 9.33. The van der Waals surface area contributed by atoms with E-state index in [-0.39, 0.29) is 0 Å². The van der Waals surface area contributed by atoms with Crippen LogP contribution in [0.4, 0.5) is 17.1 Å². The van der Waals surface area contributed by atoms with Crippen molar-refractivity contribution in [1.82, 2.24) is 0 Å². The lowest BCUT2D eigenvalue weighted by Crippen LogP contribution is -2.09. The molecule has 0 aliphatic carbocycles. The fourth-order valence-corrected chi connectivity index (χ4v) is 7.06. The summed E-state index contributed by atoms with van der Waals surface area (Å²) in [5, 5.41) is 19.4.